The third-order valence-corrected chi connectivity index (χ3v) is 4.22. The van der Waals surface area contributed by atoms with Crippen molar-refractivity contribution in [3.8, 4) is 5.69 Å². The minimum Gasteiger partial charge on any atom is -0.479 e. The quantitative estimate of drug-likeness (QED) is 0.878. The first-order valence-corrected chi connectivity index (χ1v) is 6.92. The number of nitrogens with zero attached hydrogens (tertiary/aromatic N) is 5. The van der Waals surface area contributed by atoms with Gasteiger partial charge in [-0.3, -0.25) is 4.79 Å². The predicted molar refractivity (Wildman–Crippen MR) is 69.0 cm³/mol. The lowest BCUT2D eigenvalue weighted by Gasteiger charge is -2.17. The minimum absolute atomic E-state index is 0.0641. The van der Waals surface area contributed by atoms with Crippen LogP contribution in [0.3, 0.4) is 0 Å². The molecule has 1 unspecified atom stereocenters. The van der Waals surface area contributed by atoms with E-state index in [1.807, 2.05) is 0 Å². The summed E-state index contributed by atoms with van der Waals surface area (Å²) in [7, 11) is 0. The number of carboxylic acid groups (broad SMARTS) is 1. The molecule has 8 nitrogen and oxygen atoms in total. The number of carbonyl (C=O) groups excluding carboxylic acids is 1. The molecule has 10 heteroatoms. The molecule has 0 bridgehead atoms. The summed E-state index contributed by atoms with van der Waals surface area (Å²) in [4.78, 5) is 24.9. The second kappa shape index (κ2) is 4.88. The van der Waals surface area contributed by atoms with Gasteiger partial charge in [0.2, 0.25) is 5.67 Å². The minimum atomic E-state index is -2.37. The Hall–Kier alpha value is -2.36. The summed E-state index contributed by atoms with van der Waals surface area (Å²) in [5.74, 6) is -1.96. The van der Waals surface area contributed by atoms with Crippen LogP contribution in [0.2, 0.25) is 0 Å². The maximum Gasteiger partial charge on any atom is 0.343 e. The van der Waals surface area contributed by atoms with E-state index in [0.29, 0.717) is 10.6 Å². The molecular weight excluding hydrogens is 301 g/mol. The van der Waals surface area contributed by atoms with E-state index in [4.69, 9.17) is 5.11 Å². The third kappa shape index (κ3) is 2.27. The smallest absolute Gasteiger partial charge is 0.343 e. The number of amides is 1. The number of likely N-dealkylation sites (tertiary alicyclic amines) is 1. The normalized spacial score (nSPS) is 21.7. The maximum absolute atomic E-state index is 14.0. The van der Waals surface area contributed by atoms with Crippen molar-refractivity contribution < 1.29 is 19.1 Å². The van der Waals surface area contributed by atoms with Crippen LogP contribution in [0, 0.1) is 0 Å². The molecule has 2 aromatic rings. The van der Waals surface area contributed by atoms with Gasteiger partial charge in [-0.15, -0.1) is 16.4 Å². The van der Waals surface area contributed by atoms with E-state index in [9.17, 15) is 14.0 Å². The lowest BCUT2D eigenvalue weighted by Crippen LogP contribution is -2.38. The maximum atomic E-state index is 14.0. The zero-order chi connectivity index (χ0) is 15.0. The molecule has 110 valence electrons. The van der Waals surface area contributed by atoms with Crippen LogP contribution in [0.25, 0.3) is 5.69 Å². The second-order valence-electron chi connectivity index (χ2n) is 4.64. The zero-order valence-electron chi connectivity index (χ0n) is 10.6. The number of alkyl halides is 1. The number of aliphatic carboxylic acids is 1. The lowest BCUT2D eigenvalue weighted by atomic mass is 10.1. The summed E-state index contributed by atoms with van der Waals surface area (Å²) in [5.41, 5.74) is -1.89. The lowest BCUT2D eigenvalue weighted by molar-refractivity contribution is -0.149. The van der Waals surface area contributed by atoms with Crippen molar-refractivity contribution in [2.45, 2.75) is 12.1 Å². The van der Waals surface area contributed by atoms with Crippen molar-refractivity contribution in [1.29, 1.82) is 0 Å². The monoisotopic (exact) mass is 311 g/mol. The number of halogens is 1. The van der Waals surface area contributed by atoms with Gasteiger partial charge in [0, 0.05) is 13.0 Å². The molecule has 0 saturated carbocycles. The molecule has 3 rings (SSSR count). The van der Waals surface area contributed by atoms with Gasteiger partial charge >= 0.3 is 5.97 Å². The Labute approximate surface area is 121 Å². The molecule has 0 radical (unpaired) electrons. The number of carboxylic acids is 1. The number of hydrogen-bond acceptors (Lipinski definition) is 6. The summed E-state index contributed by atoms with van der Waals surface area (Å²) in [6.07, 6.45) is 1.14. The van der Waals surface area contributed by atoms with E-state index in [1.54, 1.807) is 11.4 Å². The predicted octanol–water partition coefficient (Wildman–Crippen LogP) is 0.363. The first-order chi connectivity index (χ1) is 10.0. The largest absolute Gasteiger partial charge is 0.479 e. The zero-order valence-corrected chi connectivity index (χ0v) is 11.5. The van der Waals surface area contributed by atoms with Crippen molar-refractivity contribution in [1.82, 2.24) is 25.1 Å². The van der Waals surface area contributed by atoms with Crippen molar-refractivity contribution in [2.24, 2.45) is 0 Å². The van der Waals surface area contributed by atoms with Gasteiger partial charge in [0.1, 0.15) is 11.2 Å². The number of thiophene rings is 1. The van der Waals surface area contributed by atoms with Crippen LogP contribution in [-0.2, 0) is 4.79 Å². The molecule has 1 atom stereocenters. The first-order valence-electron chi connectivity index (χ1n) is 6.04. The molecule has 1 amide bonds. The van der Waals surface area contributed by atoms with Crippen molar-refractivity contribution >= 4 is 23.2 Å². The van der Waals surface area contributed by atoms with Crippen molar-refractivity contribution in [3.63, 3.8) is 0 Å². The highest BCUT2D eigenvalue weighted by Crippen LogP contribution is 2.29. The van der Waals surface area contributed by atoms with Crippen LogP contribution in [0.15, 0.2) is 17.8 Å². The number of tetrazole rings is 1. The summed E-state index contributed by atoms with van der Waals surface area (Å²) in [6.45, 7) is -0.386. The fourth-order valence-corrected chi connectivity index (χ4v) is 3.02. The van der Waals surface area contributed by atoms with Crippen molar-refractivity contribution in [3.05, 3.63) is 22.7 Å². The summed E-state index contributed by atoms with van der Waals surface area (Å²) < 4.78 is 15.4. The average Bonchev–Trinajstić information content (AvgIpc) is 3.18. The Bertz CT molecular complexity index is 688. The summed E-state index contributed by atoms with van der Waals surface area (Å²) >= 11 is 1.17. The van der Waals surface area contributed by atoms with Gasteiger partial charge in [0.25, 0.3) is 5.91 Å². The number of hydrogen-bond donors (Lipinski definition) is 1. The standard InChI is InChI=1S/C11H10FN5O3S/c12-11(10(19)20)2-3-16(5-11)9(18)8-7(1-4-21-8)17-6-13-14-15-17/h1,4,6H,2-3,5H2,(H,19,20). The molecule has 0 aromatic carbocycles. The SMILES string of the molecule is O=C(c1sccc1-n1cnnn1)N1CCC(F)(C(=O)O)C1. The van der Waals surface area contributed by atoms with Gasteiger partial charge < -0.3 is 10.0 Å². The Morgan fingerprint density at radius 3 is 2.90 bits per heavy atom. The van der Waals surface area contributed by atoms with Crippen molar-refractivity contribution in [2.75, 3.05) is 13.1 Å². The second-order valence-corrected chi connectivity index (χ2v) is 5.55. The van der Waals surface area contributed by atoms with E-state index in [1.165, 1.54) is 27.2 Å². The van der Waals surface area contributed by atoms with Crippen LogP contribution in [0.5, 0.6) is 0 Å². The molecule has 1 aliphatic rings. The van der Waals surface area contributed by atoms with E-state index in [2.05, 4.69) is 15.5 Å². The van der Waals surface area contributed by atoms with Gasteiger partial charge in [-0.25, -0.2) is 9.18 Å². The molecule has 2 aromatic heterocycles. The van der Waals surface area contributed by atoms with E-state index in [0.717, 1.165) is 0 Å². The molecular formula is C11H10FN5O3S. The Balaban J connectivity index is 1.85. The Morgan fingerprint density at radius 1 is 1.48 bits per heavy atom. The Morgan fingerprint density at radius 2 is 2.29 bits per heavy atom. The Kier molecular flexibility index (Phi) is 3.16. The van der Waals surface area contributed by atoms with Gasteiger partial charge in [-0.1, -0.05) is 0 Å². The van der Waals surface area contributed by atoms with E-state index in [-0.39, 0.29) is 13.0 Å². The highest BCUT2D eigenvalue weighted by molar-refractivity contribution is 7.12. The molecule has 0 spiro atoms. The van der Waals surface area contributed by atoms with Crippen LogP contribution in [0.1, 0.15) is 16.1 Å². The summed E-state index contributed by atoms with van der Waals surface area (Å²) in [6, 6.07) is 1.67. The molecule has 3 heterocycles. The topological polar surface area (TPSA) is 101 Å². The molecule has 1 saturated heterocycles. The van der Waals surface area contributed by atoms with Crippen LogP contribution >= 0.6 is 11.3 Å². The van der Waals surface area contributed by atoms with Gasteiger partial charge in [0.15, 0.2) is 0 Å². The van der Waals surface area contributed by atoms with Crippen LogP contribution < -0.4 is 0 Å². The number of carbonyl (C=O) groups is 2. The van der Waals surface area contributed by atoms with E-state index < -0.39 is 24.1 Å². The van der Waals surface area contributed by atoms with Gasteiger partial charge in [-0.05, 0) is 21.9 Å². The number of aromatic nitrogens is 4. The van der Waals surface area contributed by atoms with E-state index >= 15 is 0 Å². The third-order valence-electron chi connectivity index (χ3n) is 3.32. The average molecular weight is 311 g/mol. The molecule has 1 aliphatic heterocycles. The first kappa shape index (κ1) is 13.6. The van der Waals surface area contributed by atoms with Gasteiger partial charge in [0.05, 0.1) is 12.2 Å². The molecule has 0 aliphatic carbocycles. The van der Waals surface area contributed by atoms with Crippen LogP contribution in [0.4, 0.5) is 4.39 Å². The van der Waals surface area contributed by atoms with Gasteiger partial charge in [-0.2, -0.15) is 4.68 Å². The fraction of sp³-hybridized carbons (Fsp3) is 0.364. The van der Waals surface area contributed by atoms with Crippen LogP contribution in [-0.4, -0.2) is 60.8 Å². The molecule has 21 heavy (non-hydrogen) atoms. The fourth-order valence-electron chi connectivity index (χ4n) is 2.18. The number of rotatable bonds is 3. The highest BCUT2D eigenvalue weighted by atomic mass is 32.1. The summed E-state index contributed by atoms with van der Waals surface area (Å²) in [5, 5.41) is 21.3. The molecule has 1 fully saturated rings. The highest BCUT2D eigenvalue weighted by Gasteiger charge is 2.47. The molecule has 1 N–H and O–H groups in total.